The van der Waals surface area contributed by atoms with Gasteiger partial charge in [-0.2, -0.15) is 0 Å². The molecule has 3 unspecified atom stereocenters. The van der Waals surface area contributed by atoms with Crippen LogP contribution in [-0.2, 0) is 4.79 Å². The SMILES string of the molecule is CC1CCNC(C(=O)N2CCCCC2C)C1. The quantitative estimate of drug-likeness (QED) is 0.736. The predicted octanol–water partition coefficient (Wildman–Crippen LogP) is 1.78. The standard InChI is InChI=1S/C13H24N2O/c1-10-6-7-14-12(9-10)13(16)15-8-4-3-5-11(15)2/h10-12,14H,3-9H2,1-2H3. The highest BCUT2D eigenvalue weighted by Gasteiger charge is 2.31. The van der Waals surface area contributed by atoms with Crippen LogP contribution in [0.25, 0.3) is 0 Å². The minimum atomic E-state index is 0.0873. The Balaban J connectivity index is 1.94. The van der Waals surface area contributed by atoms with Gasteiger partial charge in [0, 0.05) is 12.6 Å². The average Bonchev–Trinajstić information content (AvgIpc) is 2.29. The Kier molecular flexibility index (Phi) is 3.85. The Morgan fingerprint density at radius 1 is 1.25 bits per heavy atom. The summed E-state index contributed by atoms with van der Waals surface area (Å²) in [5, 5.41) is 3.38. The Bertz CT molecular complexity index is 254. The monoisotopic (exact) mass is 224 g/mol. The highest BCUT2D eigenvalue weighted by atomic mass is 16.2. The van der Waals surface area contributed by atoms with Crippen LogP contribution < -0.4 is 5.32 Å². The lowest BCUT2D eigenvalue weighted by molar-refractivity contribution is -0.137. The number of amides is 1. The van der Waals surface area contributed by atoms with E-state index in [9.17, 15) is 4.79 Å². The van der Waals surface area contributed by atoms with Gasteiger partial charge in [-0.05, 0) is 51.5 Å². The van der Waals surface area contributed by atoms with Crippen molar-refractivity contribution in [1.82, 2.24) is 10.2 Å². The van der Waals surface area contributed by atoms with Crippen molar-refractivity contribution in [3.8, 4) is 0 Å². The van der Waals surface area contributed by atoms with Gasteiger partial charge in [-0.1, -0.05) is 6.92 Å². The van der Waals surface area contributed by atoms with Crippen molar-refractivity contribution in [2.75, 3.05) is 13.1 Å². The summed E-state index contributed by atoms with van der Waals surface area (Å²) in [5.41, 5.74) is 0. The lowest BCUT2D eigenvalue weighted by Gasteiger charge is -2.38. The highest BCUT2D eigenvalue weighted by Crippen LogP contribution is 2.21. The molecule has 3 atom stereocenters. The highest BCUT2D eigenvalue weighted by molar-refractivity contribution is 5.82. The molecule has 1 amide bonds. The summed E-state index contributed by atoms with van der Waals surface area (Å²) in [5.74, 6) is 1.04. The molecule has 2 aliphatic heterocycles. The van der Waals surface area contributed by atoms with E-state index in [4.69, 9.17) is 0 Å². The first kappa shape index (κ1) is 11.9. The minimum absolute atomic E-state index is 0.0873. The fourth-order valence-corrected chi connectivity index (χ4v) is 2.92. The van der Waals surface area contributed by atoms with E-state index in [-0.39, 0.29) is 6.04 Å². The Hall–Kier alpha value is -0.570. The van der Waals surface area contributed by atoms with Crippen LogP contribution in [0.5, 0.6) is 0 Å². The van der Waals surface area contributed by atoms with E-state index in [1.54, 1.807) is 0 Å². The van der Waals surface area contributed by atoms with E-state index >= 15 is 0 Å². The maximum absolute atomic E-state index is 12.4. The third-order valence-corrected chi connectivity index (χ3v) is 4.05. The van der Waals surface area contributed by atoms with Crippen molar-refractivity contribution >= 4 is 5.91 Å². The normalized spacial score (nSPS) is 36.1. The number of rotatable bonds is 1. The van der Waals surface area contributed by atoms with Gasteiger partial charge in [0.15, 0.2) is 0 Å². The molecule has 0 saturated carbocycles. The first-order valence-electron chi connectivity index (χ1n) is 6.72. The van der Waals surface area contributed by atoms with Gasteiger partial charge in [0.05, 0.1) is 6.04 Å². The summed E-state index contributed by atoms with van der Waals surface area (Å²) in [7, 11) is 0. The number of hydrogen-bond donors (Lipinski definition) is 1. The topological polar surface area (TPSA) is 32.3 Å². The molecule has 2 rings (SSSR count). The van der Waals surface area contributed by atoms with Gasteiger partial charge in [-0.15, -0.1) is 0 Å². The third kappa shape index (κ3) is 2.57. The Morgan fingerprint density at radius 3 is 2.75 bits per heavy atom. The van der Waals surface area contributed by atoms with Crippen LogP contribution >= 0.6 is 0 Å². The lowest BCUT2D eigenvalue weighted by atomic mass is 9.92. The van der Waals surface area contributed by atoms with Crippen LogP contribution in [0.4, 0.5) is 0 Å². The first-order valence-corrected chi connectivity index (χ1v) is 6.72. The fourth-order valence-electron chi connectivity index (χ4n) is 2.92. The van der Waals surface area contributed by atoms with Gasteiger partial charge in [0.1, 0.15) is 0 Å². The maximum Gasteiger partial charge on any atom is 0.239 e. The number of nitrogens with zero attached hydrogens (tertiary/aromatic N) is 1. The molecule has 1 N–H and O–H groups in total. The molecule has 0 aromatic heterocycles. The van der Waals surface area contributed by atoms with E-state index in [2.05, 4.69) is 24.1 Å². The molecular formula is C13H24N2O. The van der Waals surface area contributed by atoms with Crippen LogP contribution in [-0.4, -0.2) is 36.0 Å². The third-order valence-electron chi connectivity index (χ3n) is 4.05. The zero-order valence-electron chi connectivity index (χ0n) is 10.5. The van der Waals surface area contributed by atoms with Crippen LogP contribution in [0, 0.1) is 5.92 Å². The summed E-state index contributed by atoms with van der Waals surface area (Å²) < 4.78 is 0. The van der Waals surface area contributed by atoms with E-state index in [1.165, 1.54) is 25.7 Å². The van der Waals surface area contributed by atoms with Gasteiger partial charge in [-0.3, -0.25) is 4.79 Å². The second-order valence-corrected chi connectivity index (χ2v) is 5.51. The molecule has 3 nitrogen and oxygen atoms in total. The summed E-state index contributed by atoms with van der Waals surface area (Å²) in [6.45, 7) is 6.40. The number of carbonyl (C=O) groups is 1. The molecule has 2 heterocycles. The molecule has 0 aromatic carbocycles. The van der Waals surface area contributed by atoms with E-state index < -0.39 is 0 Å². The van der Waals surface area contributed by atoms with Crippen LogP contribution in [0.3, 0.4) is 0 Å². The number of piperidine rings is 2. The summed E-state index contributed by atoms with van der Waals surface area (Å²) in [6, 6.07) is 0.532. The summed E-state index contributed by atoms with van der Waals surface area (Å²) >= 11 is 0. The van der Waals surface area contributed by atoms with Gasteiger partial charge in [0.25, 0.3) is 0 Å². The largest absolute Gasteiger partial charge is 0.339 e. The van der Waals surface area contributed by atoms with E-state index in [0.29, 0.717) is 17.9 Å². The Labute approximate surface area is 98.6 Å². The van der Waals surface area contributed by atoms with Gasteiger partial charge < -0.3 is 10.2 Å². The Morgan fingerprint density at radius 2 is 2.06 bits per heavy atom. The molecule has 92 valence electrons. The second-order valence-electron chi connectivity index (χ2n) is 5.51. The second kappa shape index (κ2) is 5.17. The predicted molar refractivity (Wildman–Crippen MR) is 65.2 cm³/mol. The van der Waals surface area contributed by atoms with Crippen molar-refractivity contribution in [3.63, 3.8) is 0 Å². The molecule has 2 fully saturated rings. The minimum Gasteiger partial charge on any atom is -0.339 e. The lowest BCUT2D eigenvalue weighted by Crippen LogP contribution is -2.53. The van der Waals surface area contributed by atoms with Gasteiger partial charge in [0.2, 0.25) is 5.91 Å². The molecule has 3 heteroatoms. The van der Waals surface area contributed by atoms with Crippen LogP contribution in [0.1, 0.15) is 46.0 Å². The fraction of sp³-hybridized carbons (Fsp3) is 0.923. The maximum atomic E-state index is 12.4. The molecule has 0 spiro atoms. The van der Waals surface area contributed by atoms with Crippen LogP contribution in [0.15, 0.2) is 0 Å². The van der Waals surface area contributed by atoms with Crippen molar-refractivity contribution in [2.45, 2.75) is 58.0 Å². The smallest absolute Gasteiger partial charge is 0.239 e. The average molecular weight is 224 g/mol. The van der Waals surface area contributed by atoms with Gasteiger partial charge in [-0.25, -0.2) is 0 Å². The van der Waals surface area contributed by atoms with E-state index in [0.717, 1.165) is 19.5 Å². The zero-order chi connectivity index (χ0) is 11.5. The molecule has 16 heavy (non-hydrogen) atoms. The molecule has 0 radical (unpaired) electrons. The van der Waals surface area contributed by atoms with Crippen molar-refractivity contribution in [3.05, 3.63) is 0 Å². The van der Waals surface area contributed by atoms with Gasteiger partial charge >= 0.3 is 0 Å². The summed E-state index contributed by atoms with van der Waals surface area (Å²) in [4.78, 5) is 14.5. The van der Waals surface area contributed by atoms with Crippen molar-refractivity contribution in [2.24, 2.45) is 5.92 Å². The molecule has 0 aliphatic carbocycles. The number of likely N-dealkylation sites (tertiary alicyclic amines) is 1. The number of carbonyl (C=O) groups excluding carboxylic acids is 1. The molecule has 0 bridgehead atoms. The number of hydrogen-bond acceptors (Lipinski definition) is 2. The van der Waals surface area contributed by atoms with E-state index in [1.807, 2.05) is 0 Å². The van der Waals surface area contributed by atoms with Crippen molar-refractivity contribution < 1.29 is 4.79 Å². The molecule has 2 aliphatic rings. The summed E-state index contributed by atoms with van der Waals surface area (Å²) in [6.07, 6.45) is 5.85. The first-order chi connectivity index (χ1) is 7.68. The van der Waals surface area contributed by atoms with Crippen molar-refractivity contribution in [1.29, 1.82) is 0 Å². The zero-order valence-corrected chi connectivity index (χ0v) is 10.5. The van der Waals surface area contributed by atoms with Crippen LogP contribution in [0.2, 0.25) is 0 Å². The number of nitrogens with one attached hydrogen (secondary N) is 1. The molecular weight excluding hydrogens is 200 g/mol. The molecule has 0 aromatic rings. The molecule has 2 saturated heterocycles.